The zero-order valence-corrected chi connectivity index (χ0v) is 15.6. The van der Waals surface area contributed by atoms with Crippen molar-refractivity contribution in [1.29, 1.82) is 0 Å². The molecule has 2 rings (SSSR count). The van der Waals surface area contributed by atoms with Crippen molar-refractivity contribution in [3.8, 4) is 11.5 Å². The van der Waals surface area contributed by atoms with Crippen LogP contribution in [0.4, 0.5) is 11.4 Å². The van der Waals surface area contributed by atoms with Gasteiger partial charge in [-0.3, -0.25) is 0 Å². The number of ether oxygens (including phenoxy) is 2. The molecule has 0 radical (unpaired) electrons. The van der Waals surface area contributed by atoms with Gasteiger partial charge in [-0.15, -0.1) is 0 Å². The first-order valence-electron chi connectivity index (χ1n) is 7.25. The molecule has 0 spiro atoms. The Morgan fingerprint density at radius 2 is 1.13 bits per heavy atom. The molecule has 0 saturated carbocycles. The fourth-order valence-electron chi connectivity index (χ4n) is 1.90. The molecule has 0 aliphatic rings. The Balaban J connectivity index is 0.00000264. The quantitative estimate of drug-likeness (QED) is 0.593. The van der Waals surface area contributed by atoms with Crippen molar-refractivity contribution in [2.24, 2.45) is 0 Å². The summed E-state index contributed by atoms with van der Waals surface area (Å²) in [5, 5.41) is 6.80. The summed E-state index contributed by atoms with van der Waals surface area (Å²) in [6.07, 6.45) is 0. The molecule has 0 fully saturated rings. The Bertz CT molecular complexity index is 549. The maximum atomic E-state index is 5.40. The van der Waals surface area contributed by atoms with Crippen LogP contribution in [0.5, 0.6) is 11.5 Å². The minimum absolute atomic E-state index is 0. The van der Waals surface area contributed by atoms with Gasteiger partial charge >= 0.3 is 0 Å². The van der Waals surface area contributed by atoms with Crippen LogP contribution in [-0.4, -0.2) is 18.3 Å². The Morgan fingerprint density at radius 1 is 0.783 bits per heavy atom. The smallest absolute Gasteiger partial charge is 0.175 e. The van der Waals surface area contributed by atoms with Crippen LogP contribution < -0.4 is 20.1 Å². The molecule has 0 aromatic heterocycles. The third-order valence-electron chi connectivity index (χ3n) is 2.85. The molecule has 0 atom stereocenters. The van der Waals surface area contributed by atoms with Crippen LogP contribution >= 0.6 is 12.2 Å². The number of benzene rings is 2. The van der Waals surface area contributed by atoms with Gasteiger partial charge in [-0.1, -0.05) is 0 Å². The first-order valence-corrected chi connectivity index (χ1v) is 7.65. The van der Waals surface area contributed by atoms with Crippen LogP contribution in [-0.2, 0) is 0 Å². The number of thiocarbonyl (C=S) groups is 1. The summed E-state index contributed by atoms with van der Waals surface area (Å²) < 4.78 is 10.8. The number of rotatable bonds is 6. The van der Waals surface area contributed by atoms with Crippen LogP contribution in [0, 0.1) is 46.9 Å². The molecule has 0 heterocycles. The molecule has 0 aliphatic carbocycles. The van der Waals surface area contributed by atoms with Gasteiger partial charge in [0.15, 0.2) is 5.11 Å². The first-order chi connectivity index (χ1) is 10.7. The van der Waals surface area contributed by atoms with E-state index in [1.54, 1.807) is 0 Å². The van der Waals surface area contributed by atoms with E-state index in [2.05, 4.69) is 10.6 Å². The second kappa shape index (κ2) is 10.9. The number of hydrogen-bond acceptors (Lipinski definition) is 3. The molecular weight excluding hydrogens is 469 g/mol. The topological polar surface area (TPSA) is 42.5 Å². The Labute approximate surface area is 181 Å². The molecule has 6 heteroatoms. The van der Waals surface area contributed by atoms with Gasteiger partial charge in [0.25, 0.3) is 0 Å². The normalized spacial score (nSPS) is 9.48. The summed E-state index contributed by atoms with van der Waals surface area (Å²) >= 11 is 5.30. The standard InChI is InChI=1S/C17H20N2O2S.Yb/c1-3-20-15-9-5-13(6-10-15)18-17(22)19-14-7-11-16(12-8-14)21-4-2;/h5-12H,3-4H2,1-2H3,(H2,18,19,22);. The summed E-state index contributed by atoms with van der Waals surface area (Å²) in [7, 11) is 0. The van der Waals surface area contributed by atoms with Crippen LogP contribution in [0.1, 0.15) is 13.8 Å². The van der Waals surface area contributed by atoms with E-state index in [9.17, 15) is 0 Å². The molecule has 0 bridgehead atoms. The van der Waals surface area contributed by atoms with Crippen LogP contribution in [0.15, 0.2) is 48.5 Å². The van der Waals surface area contributed by atoms with E-state index in [4.69, 9.17) is 21.7 Å². The minimum Gasteiger partial charge on any atom is -0.494 e. The van der Waals surface area contributed by atoms with Crippen molar-refractivity contribution in [3.63, 3.8) is 0 Å². The third kappa shape index (κ3) is 7.12. The van der Waals surface area contributed by atoms with Crippen molar-refractivity contribution in [1.82, 2.24) is 0 Å². The third-order valence-corrected chi connectivity index (χ3v) is 3.05. The number of hydrogen-bond donors (Lipinski definition) is 2. The molecule has 2 aromatic rings. The SMILES string of the molecule is CCOc1ccc(NC(=S)Nc2ccc(OCC)cc2)cc1.[Yb]. The van der Waals surface area contributed by atoms with Crippen molar-refractivity contribution < 1.29 is 56.4 Å². The zero-order chi connectivity index (χ0) is 15.8. The second-order valence-electron chi connectivity index (χ2n) is 4.49. The van der Waals surface area contributed by atoms with Crippen LogP contribution in [0.3, 0.4) is 0 Å². The maximum Gasteiger partial charge on any atom is 0.175 e. The summed E-state index contributed by atoms with van der Waals surface area (Å²) in [6.45, 7) is 5.24. The van der Waals surface area contributed by atoms with Gasteiger partial charge in [-0.05, 0) is 74.6 Å². The van der Waals surface area contributed by atoms with Gasteiger partial charge in [-0.2, -0.15) is 0 Å². The van der Waals surface area contributed by atoms with Crippen LogP contribution in [0.25, 0.3) is 0 Å². The van der Waals surface area contributed by atoms with Crippen molar-refractivity contribution in [3.05, 3.63) is 48.5 Å². The Morgan fingerprint density at radius 3 is 1.43 bits per heavy atom. The maximum absolute atomic E-state index is 5.40. The molecule has 23 heavy (non-hydrogen) atoms. The largest absolute Gasteiger partial charge is 0.494 e. The molecule has 0 saturated heterocycles. The van der Waals surface area contributed by atoms with E-state index in [1.165, 1.54) is 0 Å². The van der Waals surface area contributed by atoms with Gasteiger partial charge in [0.1, 0.15) is 11.5 Å². The monoisotopic (exact) mass is 490 g/mol. The number of anilines is 2. The Kier molecular flexibility index (Phi) is 9.63. The zero-order valence-electron chi connectivity index (χ0n) is 13.0. The van der Waals surface area contributed by atoms with Gasteiger partial charge in [0.05, 0.1) is 13.2 Å². The minimum atomic E-state index is 0. The van der Waals surface area contributed by atoms with Gasteiger partial charge in [-0.25, -0.2) is 0 Å². The predicted octanol–water partition coefficient (Wildman–Crippen LogP) is 4.29. The fraction of sp³-hybridized carbons (Fsp3) is 0.235. The van der Waals surface area contributed by atoms with Gasteiger partial charge in [0, 0.05) is 58.3 Å². The summed E-state index contributed by atoms with van der Waals surface area (Å²) in [6, 6.07) is 15.3. The van der Waals surface area contributed by atoms with E-state index >= 15 is 0 Å². The van der Waals surface area contributed by atoms with Crippen LogP contribution in [0.2, 0.25) is 0 Å². The van der Waals surface area contributed by atoms with Gasteiger partial charge in [0.2, 0.25) is 0 Å². The van der Waals surface area contributed by atoms with E-state index in [0.29, 0.717) is 18.3 Å². The molecule has 2 aromatic carbocycles. The van der Waals surface area contributed by atoms with Crippen molar-refractivity contribution >= 4 is 28.7 Å². The van der Waals surface area contributed by atoms with E-state index in [1.807, 2.05) is 62.4 Å². The van der Waals surface area contributed by atoms with Gasteiger partial charge < -0.3 is 20.1 Å². The number of nitrogens with one attached hydrogen (secondary N) is 2. The molecule has 130 valence electrons. The molecule has 2 N–H and O–H groups in total. The average molecular weight is 489 g/mol. The summed E-state index contributed by atoms with van der Waals surface area (Å²) in [5.74, 6) is 1.69. The molecule has 0 aliphatic heterocycles. The molecule has 4 nitrogen and oxygen atoms in total. The van der Waals surface area contributed by atoms with E-state index in [0.717, 1.165) is 22.9 Å². The summed E-state index contributed by atoms with van der Waals surface area (Å²) in [4.78, 5) is 0. The fourth-order valence-corrected chi connectivity index (χ4v) is 2.13. The van der Waals surface area contributed by atoms with E-state index in [-0.39, 0.29) is 46.9 Å². The predicted molar refractivity (Wildman–Crippen MR) is 95.1 cm³/mol. The van der Waals surface area contributed by atoms with Crippen molar-refractivity contribution in [2.75, 3.05) is 23.8 Å². The average Bonchev–Trinajstić information content (AvgIpc) is 2.52. The molecule has 0 amide bonds. The van der Waals surface area contributed by atoms with E-state index < -0.39 is 0 Å². The first kappa shape index (κ1) is 20.3. The second-order valence-corrected chi connectivity index (χ2v) is 4.90. The van der Waals surface area contributed by atoms with Crippen molar-refractivity contribution in [2.45, 2.75) is 13.8 Å². The molecule has 0 unspecified atom stereocenters. The summed E-state index contributed by atoms with van der Waals surface area (Å²) in [5.41, 5.74) is 1.82. The molecular formula is C17H20N2O2SYb. The Hall–Kier alpha value is -0.751.